The largest absolute Gasteiger partial charge is 0.337 e. The van der Waals surface area contributed by atoms with E-state index in [0.29, 0.717) is 5.82 Å². The van der Waals surface area contributed by atoms with Crippen molar-refractivity contribution >= 4 is 32.8 Å². The molecule has 0 fully saturated rings. The molecule has 144 valence electrons. The second kappa shape index (κ2) is 6.18. The van der Waals surface area contributed by atoms with Crippen LogP contribution in [0.15, 0.2) is 67.1 Å². The maximum absolute atomic E-state index is 13.4. The fraction of sp³-hybridized carbons (Fsp3) is 0.0435. The Morgan fingerprint density at radius 2 is 1.57 bits per heavy atom. The molecule has 7 heteroatoms. The first-order valence-electron chi connectivity index (χ1n) is 9.50. The molecule has 1 N–H and O–H groups in total. The van der Waals surface area contributed by atoms with Gasteiger partial charge in [0.15, 0.2) is 0 Å². The molecular weight excluding hydrogens is 379 g/mol. The maximum atomic E-state index is 13.4. The van der Waals surface area contributed by atoms with Crippen LogP contribution in [0.4, 0.5) is 4.39 Å². The molecule has 6 rings (SSSR count). The molecule has 0 bridgehead atoms. The van der Waals surface area contributed by atoms with Crippen molar-refractivity contribution in [2.24, 2.45) is 7.05 Å². The van der Waals surface area contributed by atoms with Crippen molar-refractivity contribution in [2.75, 3.05) is 0 Å². The van der Waals surface area contributed by atoms with E-state index < -0.39 is 0 Å². The first kappa shape index (κ1) is 16.8. The third-order valence-corrected chi connectivity index (χ3v) is 5.27. The first-order chi connectivity index (χ1) is 14.7. The minimum atomic E-state index is -0.280. The molecule has 4 heterocycles. The normalized spacial score (nSPS) is 11.7. The number of H-pyrrole nitrogens is 1. The average molecular weight is 394 g/mol. The van der Waals surface area contributed by atoms with Gasteiger partial charge in [0, 0.05) is 42.0 Å². The molecule has 6 nitrogen and oxygen atoms in total. The van der Waals surface area contributed by atoms with Gasteiger partial charge in [-0.25, -0.2) is 9.37 Å². The summed E-state index contributed by atoms with van der Waals surface area (Å²) in [4.78, 5) is 17.5. The predicted octanol–water partition coefficient (Wildman–Crippen LogP) is 4.87. The fourth-order valence-electron chi connectivity index (χ4n) is 3.95. The summed E-state index contributed by atoms with van der Waals surface area (Å²) in [6, 6.07) is 14.2. The molecule has 0 atom stereocenters. The molecule has 0 aliphatic rings. The van der Waals surface area contributed by atoms with Crippen LogP contribution in [-0.4, -0.2) is 29.7 Å². The third-order valence-electron chi connectivity index (χ3n) is 5.27. The lowest BCUT2D eigenvalue weighted by molar-refractivity contribution is 0.628. The van der Waals surface area contributed by atoms with Crippen LogP contribution >= 0.6 is 0 Å². The molecule has 0 aliphatic heterocycles. The van der Waals surface area contributed by atoms with E-state index in [-0.39, 0.29) is 5.82 Å². The SMILES string of the molecule is Cn1cc(-c2nc3c4cccnc4c4ncccc4c3[nH]2)c(-c2ccc(F)cc2)n1. The Kier molecular flexibility index (Phi) is 3.46. The van der Waals surface area contributed by atoms with Gasteiger partial charge in [0.1, 0.15) is 17.3 Å². The minimum absolute atomic E-state index is 0.280. The van der Waals surface area contributed by atoms with Gasteiger partial charge in [0.05, 0.1) is 27.6 Å². The van der Waals surface area contributed by atoms with E-state index in [9.17, 15) is 4.39 Å². The Labute approximate surface area is 170 Å². The number of halogens is 1. The topological polar surface area (TPSA) is 72.3 Å². The van der Waals surface area contributed by atoms with Crippen LogP contribution in [0.1, 0.15) is 0 Å². The van der Waals surface area contributed by atoms with E-state index in [0.717, 1.165) is 49.7 Å². The lowest BCUT2D eigenvalue weighted by Gasteiger charge is -2.03. The lowest BCUT2D eigenvalue weighted by Crippen LogP contribution is -1.88. The van der Waals surface area contributed by atoms with Crippen molar-refractivity contribution in [3.05, 3.63) is 72.9 Å². The number of imidazole rings is 1. The quantitative estimate of drug-likeness (QED) is 0.426. The van der Waals surface area contributed by atoms with Gasteiger partial charge < -0.3 is 4.98 Å². The van der Waals surface area contributed by atoms with Crippen LogP contribution in [0.3, 0.4) is 0 Å². The molecule has 0 spiro atoms. The van der Waals surface area contributed by atoms with Gasteiger partial charge in [-0.3, -0.25) is 14.6 Å². The first-order valence-corrected chi connectivity index (χ1v) is 9.50. The van der Waals surface area contributed by atoms with Gasteiger partial charge in [0.25, 0.3) is 0 Å². The van der Waals surface area contributed by atoms with Crippen molar-refractivity contribution in [3.63, 3.8) is 0 Å². The molecule has 0 saturated heterocycles. The summed E-state index contributed by atoms with van der Waals surface area (Å²) in [5.74, 6) is 0.414. The zero-order chi connectivity index (χ0) is 20.2. The number of pyridine rings is 2. The van der Waals surface area contributed by atoms with Gasteiger partial charge in [-0.2, -0.15) is 5.10 Å². The smallest absolute Gasteiger partial charge is 0.142 e. The molecule has 4 aromatic heterocycles. The summed E-state index contributed by atoms with van der Waals surface area (Å²) in [6.07, 6.45) is 5.45. The summed E-state index contributed by atoms with van der Waals surface area (Å²) >= 11 is 0. The molecule has 0 radical (unpaired) electrons. The molecule has 30 heavy (non-hydrogen) atoms. The molecule has 0 aliphatic carbocycles. The van der Waals surface area contributed by atoms with Gasteiger partial charge >= 0.3 is 0 Å². The zero-order valence-electron chi connectivity index (χ0n) is 16.0. The van der Waals surface area contributed by atoms with E-state index in [1.165, 1.54) is 12.1 Å². The highest BCUT2D eigenvalue weighted by molar-refractivity contribution is 6.21. The molecule has 0 unspecified atom stereocenters. The highest BCUT2D eigenvalue weighted by Crippen LogP contribution is 2.35. The molecule has 6 aromatic rings. The Hall–Kier alpha value is -4.13. The number of benzene rings is 2. The Balaban J connectivity index is 1.67. The Bertz CT molecular complexity index is 1490. The fourth-order valence-corrected chi connectivity index (χ4v) is 3.95. The third kappa shape index (κ3) is 2.42. The van der Waals surface area contributed by atoms with E-state index in [1.54, 1.807) is 29.2 Å². The van der Waals surface area contributed by atoms with Crippen molar-refractivity contribution in [1.29, 1.82) is 0 Å². The van der Waals surface area contributed by atoms with Crippen molar-refractivity contribution in [1.82, 2.24) is 29.7 Å². The number of aryl methyl sites for hydroxylation is 1. The highest BCUT2D eigenvalue weighted by atomic mass is 19.1. The van der Waals surface area contributed by atoms with Crippen LogP contribution in [0.2, 0.25) is 0 Å². The maximum Gasteiger partial charge on any atom is 0.142 e. The Morgan fingerprint density at radius 3 is 2.33 bits per heavy atom. The number of rotatable bonds is 2. The van der Waals surface area contributed by atoms with Crippen LogP contribution in [0.25, 0.3) is 55.5 Å². The molecule has 0 saturated carbocycles. The summed E-state index contributed by atoms with van der Waals surface area (Å²) in [7, 11) is 1.86. The van der Waals surface area contributed by atoms with Crippen LogP contribution in [0, 0.1) is 5.82 Å². The number of aromatic amines is 1. The lowest BCUT2D eigenvalue weighted by atomic mass is 10.1. The monoisotopic (exact) mass is 394 g/mol. The highest BCUT2D eigenvalue weighted by Gasteiger charge is 2.19. The molecular formula is C23H15FN6. The van der Waals surface area contributed by atoms with Crippen LogP contribution < -0.4 is 0 Å². The summed E-state index contributed by atoms with van der Waals surface area (Å²) in [6.45, 7) is 0. The second-order valence-electron chi connectivity index (χ2n) is 7.18. The zero-order valence-corrected chi connectivity index (χ0v) is 16.0. The van der Waals surface area contributed by atoms with Crippen LogP contribution in [0.5, 0.6) is 0 Å². The van der Waals surface area contributed by atoms with Gasteiger partial charge in [-0.05, 0) is 48.5 Å². The Morgan fingerprint density at radius 1 is 0.867 bits per heavy atom. The van der Waals surface area contributed by atoms with Crippen molar-refractivity contribution in [2.45, 2.75) is 0 Å². The molecule has 0 amide bonds. The number of nitrogens with zero attached hydrogens (tertiary/aromatic N) is 5. The van der Waals surface area contributed by atoms with E-state index in [1.807, 2.05) is 37.5 Å². The van der Waals surface area contributed by atoms with Crippen LogP contribution in [-0.2, 0) is 7.05 Å². The van der Waals surface area contributed by atoms with E-state index in [2.05, 4.69) is 20.1 Å². The summed E-state index contributed by atoms with van der Waals surface area (Å²) in [5, 5.41) is 6.49. The van der Waals surface area contributed by atoms with Gasteiger partial charge in [0.2, 0.25) is 0 Å². The standard InChI is InChI=1S/C23H15FN6/c1-30-12-17(18(29-30)13-6-8-14(24)9-7-13)23-27-21-15-4-2-10-25-19(15)20-16(22(21)28-23)5-3-11-26-20/h2-12H,1H3,(H,27,28). The van der Waals surface area contributed by atoms with Gasteiger partial charge in [-0.1, -0.05) is 0 Å². The summed E-state index contributed by atoms with van der Waals surface area (Å²) in [5.41, 5.74) is 5.80. The number of hydrogen-bond acceptors (Lipinski definition) is 4. The van der Waals surface area contributed by atoms with E-state index >= 15 is 0 Å². The number of hydrogen-bond donors (Lipinski definition) is 1. The number of fused-ring (bicyclic) bond motifs is 6. The number of nitrogens with one attached hydrogen (secondary N) is 1. The number of aromatic nitrogens is 6. The van der Waals surface area contributed by atoms with E-state index in [4.69, 9.17) is 4.98 Å². The van der Waals surface area contributed by atoms with Crippen molar-refractivity contribution in [3.8, 4) is 22.6 Å². The predicted molar refractivity (Wildman–Crippen MR) is 114 cm³/mol. The van der Waals surface area contributed by atoms with Crippen molar-refractivity contribution < 1.29 is 4.39 Å². The second-order valence-corrected chi connectivity index (χ2v) is 7.18. The molecule has 2 aromatic carbocycles. The average Bonchev–Trinajstić information content (AvgIpc) is 3.39. The minimum Gasteiger partial charge on any atom is -0.337 e. The van der Waals surface area contributed by atoms with Gasteiger partial charge in [-0.15, -0.1) is 0 Å². The summed E-state index contributed by atoms with van der Waals surface area (Å²) < 4.78 is 15.1.